The summed E-state index contributed by atoms with van der Waals surface area (Å²) in [7, 11) is 0. The molecule has 6 heteroatoms. The molecule has 3 atom stereocenters. The predicted octanol–water partition coefficient (Wildman–Crippen LogP) is 4.59. The summed E-state index contributed by atoms with van der Waals surface area (Å²) >= 11 is 0. The first kappa shape index (κ1) is 22.5. The topological polar surface area (TPSA) is 62.3 Å². The van der Waals surface area contributed by atoms with Crippen molar-refractivity contribution in [2.24, 2.45) is 5.92 Å². The third kappa shape index (κ3) is 4.54. The second kappa shape index (κ2) is 9.16. The van der Waals surface area contributed by atoms with Crippen molar-refractivity contribution < 1.29 is 14.0 Å². The van der Waals surface area contributed by atoms with Gasteiger partial charge in [-0.05, 0) is 66.7 Å². The lowest BCUT2D eigenvalue weighted by Crippen LogP contribution is -2.61. The molecule has 0 spiro atoms. The first-order valence-corrected chi connectivity index (χ1v) is 12.1. The highest BCUT2D eigenvalue weighted by atomic mass is 19.1. The van der Waals surface area contributed by atoms with E-state index in [0.29, 0.717) is 11.5 Å². The highest BCUT2D eigenvalue weighted by molar-refractivity contribution is 5.90. The number of nitrogens with one attached hydrogen (secondary N) is 1. The van der Waals surface area contributed by atoms with Crippen LogP contribution in [0.1, 0.15) is 43.7 Å². The van der Waals surface area contributed by atoms with Gasteiger partial charge in [-0.1, -0.05) is 42.5 Å². The van der Waals surface area contributed by atoms with Crippen LogP contribution < -0.4 is 5.32 Å². The Kier molecular flexibility index (Phi) is 6.07. The van der Waals surface area contributed by atoms with Crippen molar-refractivity contribution in [1.82, 2.24) is 15.2 Å². The number of rotatable bonds is 6. The minimum Gasteiger partial charge on any atom is -0.332 e. The van der Waals surface area contributed by atoms with Crippen molar-refractivity contribution >= 4 is 22.6 Å². The number of amides is 2. The molecule has 0 unspecified atom stereocenters. The van der Waals surface area contributed by atoms with Gasteiger partial charge in [0.25, 0.3) is 11.7 Å². The molecule has 5 rings (SSSR count). The average Bonchev–Trinajstić information content (AvgIpc) is 3.08. The number of carbonyl (C=O) groups excluding carboxylic acids is 2. The third-order valence-electron chi connectivity index (χ3n) is 7.30. The molecule has 0 radical (unpaired) electrons. The summed E-state index contributed by atoms with van der Waals surface area (Å²) in [6, 6.07) is 17.6. The van der Waals surface area contributed by atoms with Gasteiger partial charge in [0, 0.05) is 43.2 Å². The molecule has 0 saturated carbocycles. The van der Waals surface area contributed by atoms with Crippen molar-refractivity contribution in [2.75, 3.05) is 0 Å². The Balaban J connectivity index is 1.32. The van der Waals surface area contributed by atoms with Crippen molar-refractivity contribution in [1.29, 1.82) is 0 Å². The van der Waals surface area contributed by atoms with Gasteiger partial charge in [0.2, 0.25) is 5.91 Å². The van der Waals surface area contributed by atoms with Crippen LogP contribution in [0.2, 0.25) is 0 Å². The number of fused-ring (bicyclic) bond motifs is 3. The van der Waals surface area contributed by atoms with E-state index >= 15 is 4.39 Å². The van der Waals surface area contributed by atoms with Gasteiger partial charge in [-0.3, -0.25) is 14.6 Å². The Hall–Kier alpha value is -3.28. The minimum atomic E-state index is -2.44. The van der Waals surface area contributed by atoms with Crippen LogP contribution in [0.15, 0.2) is 67.0 Å². The number of hydrogen-bond donors (Lipinski definition) is 1. The normalized spacial score (nSPS) is 23.5. The standard InChI is InChI=1S/C28H30FN3O2/c1-19(33)31-28(29,17-20-5-3-2-4-6-20)27(34)32-25-9-10-26(32)16-22(15-25)13-21-7-8-23-11-12-30-18-24(23)14-21/h2-8,11-12,14,18,22,25-26H,9-10,13,15-17H2,1H3,(H,31,33)/t25-,26-,28+/m0/s1. The monoisotopic (exact) mass is 459 g/mol. The van der Waals surface area contributed by atoms with Crippen molar-refractivity contribution in [3.8, 4) is 0 Å². The molecule has 1 aromatic heterocycles. The summed E-state index contributed by atoms with van der Waals surface area (Å²) in [6.07, 6.45) is 7.94. The maximum atomic E-state index is 16.1. The lowest BCUT2D eigenvalue weighted by atomic mass is 9.85. The van der Waals surface area contributed by atoms with Crippen LogP contribution in [0.4, 0.5) is 4.39 Å². The van der Waals surface area contributed by atoms with Gasteiger partial charge in [-0.25, -0.2) is 4.39 Å². The summed E-state index contributed by atoms with van der Waals surface area (Å²) in [5.41, 5.74) is 1.95. The van der Waals surface area contributed by atoms with Gasteiger partial charge < -0.3 is 10.2 Å². The Morgan fingerprint density at radius 1 is 1.03 bits per heavy atom. The van der Waals surface area contributed by atoms with E-state index in [1.807, 2.05) is 30.5 Å². The number of aromatic nitrogens is 1. The Labute approximate surface area is 199 Å². The van der Waals surface area contributed by atoms with Crippen molar-refractivity contribution in [3.05, 3.63) is 78.1 Å². The molecule has 2 aliphatic rings. The molecule has 2 saturated heterocycles. The van der Waals surface area contributed by atoms with E-state index in [0.717, 1.165) is 37.5 Å². The van der Waals surface area contributed by atoms with Gasteiger partial charge >= 0.3 is 0 Å². The van der Waals surface area contributed by atoms with Gasteiger partial charge in [0.15, 0.2) is 0 Å². The van der Waals surface area contributed by atoms with Gasteiger partial charge in [-0.2, -0.15) is 0 Å². The molecular formula is C28H30FN3O2. The maximum absolute atomic E-state index is 16.1. The second-order valence-corrected chi connectivity index (χ2v) is 9.84. The molecular weight excluding hydrogens is 429 g/mol. The number of nitrogens with zero attached hydrogens (tertiary/aromatic N) is 2. The van der Waals surface area contributed by atoms with Crippen LogP contribution in [-0.4, -0.2) is 39.6 Å². The summed E-state index contributed by atoms with van der Waals surface area (Å²) in [6.45, 7) is 1.26. The fourth-order valence-corrected chi connectivity index (χ4v) is 5.92. The average molecular weight is 460 g/mol. The van der Waals surface area contributed by atoms with Crippen LogP contribution in [0.3, 0.4) is 0 Å². The quantitative estimate of drug-likeness (QED) is 0.549. The zero-order valence-corrected chi connectivity index (χ0v) is 19.4. The van der Waals surface area contributed by atoms with E-state index in [9.17, 15) is 9.59 Å². The number of benzene rings is 2. The Morgan fingerprint density at radius 3 is 2.47 bits per heavy atom. The first-order valence-electron chi connectivity index (χ1n) is 12.1. The molecule has 5 nitrogen and oxygen atoms in total. The maximum Gasteiger partial charge on any atom is 0.282 e. The van der Waals surface area contributed by atoms with E-state index < -0.39 is 17.6 Å². The summed E-state index contributed by atoms with van der Waals surface area (Å²) in [5.74, 6) is -3.14. The lowest BCUT2D eigenvalue weighted by molar-refractivity contribution is -0.155. The molecule has 1 N–H and O–H groups in total. The van der Waals surface area contributed by atoms with Gasteiger partial charge in [0.1, 0.15) is 0 Å². The summed E-state index contributed by atoms with van der Waals surface area (Å²) in [5, 5.41) is 4.65. The first-order chi connectivity index (χ1) is 16.4. The molecule has 2 bridgehead atoms. The van der Waals surface area contributed by atoms with Crippen molar-refractivity contribution in [2.45, 2.75) is 63.3 Å². The second-order valence-electron chi connectivity index (χ2n) is 9.84. The number of hydrogen-bond acceptors (Lipinski definition) is 3. The van der Waals surface area contributed by atoms with Crippen LogP contribution in [0.5, 0.6) is 0 Å². The molecule has 0 aliphatic carbocycles. The minimum absolute atomic E-state index is 0.0121. The van der Waals surface area contributed by atoms with Crippen LogP contribution in [0, 0.1) is 5.92 Å². The molecule has 2 aliphatic heterocycles. The van der Waals surface area contributed by atoms with E-state index in [2.05, 4.69) is 28.5 Å². The lowest BCUT2D eigenvalue weighted by Gasteiger charge is -2.42. The van der Waals surface area contributed by atoms with Crippen molar-refractivity contribution in [3.63, 3.8) is 0 Å². The summed E-state index contributed by atoms with van der Waals surface area (Å²) < 4.78 is 16.1. The van der Waals surface area contributed by atoms with E-state index in [1.54, 1.807) is 23.2 Å². The molecule has 176 valence electrons. The van der Waals surface area contributed by atoms with E-state index in [1.165, 1.54) is 17.9 Å². The fourth-order valence-electron chi connectivity index (χ4n) is 5.92. The zero-order valence-electron chi connectivity index (χ0n) is 19.4. The van der Waals surface area contributed by atoms with E-state index in [4.69, 9.17) is 0 Å². The van der Waals surface area contributed by atoms with Gasteiger partial charge in [0.05, 0.1) is 0 Å². The van der Waals surface area contributed by atoms with Crippen LogP contribution in [-0.2, 0) is 22.4 Å². The van der Waals surface area contributed by atoms with Gasteiger partial charge in [-0.15, -0.1) is 0 Å². The third-order valence-corrected chi connectivity index (χ3v) is 7.30. The Morgan fingerprint density at radius 2 is 1.76 bits per heavy atom. The smallest absolute Gasteiger partial charge is 0.282 e. The van der Waals surface area contributed by atoms with Crippen LogP contribution >= 0.6 is 0 Å². The fraction of sp³-hybridized carbons (Fsp3) is 0.393. The largest absolute Gasteiger partial charge is 0.332 e. The molecule has 3 heterocycles. The Bertz CT molecular complexity index is 1190. The van der Waals surface area contributed by atoms with Crippen LogP contribution in [0.25, 0.3) is 10.8 Å². The van der Waals surface area contributed by atoms with E-state index in [-0.39, 0.29) is 18.5 Å². The number of piperidine rings is 1. The molecule has 2 fully saturated rings. The summed E-state index contributed by atoms with van der Waals surface area (Å²) in [4.78, 5) is 31.4. The highest BCUT2D eigenvalue weighted by Crippen LogP contribution is 2.41. The molecule has 34 heavy (non-hydrogen) atoms. The number of halogens is 1. The predicted molar refractivity (Wildman–Crippen MR) is 130 cm³/mol. The molecule has 3 aromatic rings. The highest BCUT2D eigenvalue weighted by Gasteiger charge is 2.51. The molecule has 2 amide bonds. The molecule has 2 aromatic carbocycles. The number of alkyl halides is 1. The number of pyridine rings is 1. The SMILES string of the molecule is CC(=O)N[C@](F)(Cc1ccccc1)C(=O)N1[C@H]2CC[C@H]1CC(Cc1ccc3ccncc3c1)C2. The number of carbonyl (C=O) groups is 2. The zero-order chi connectivity index (χ0) is 23.7.